The third-order valence-corrected chi connectivity index (χ3v) is 4.63. The summed E-state index contributed by atoms with van der Waals surface area (Å²) in [5.41, 5.74) is 0. The van der Waals surface area contributed by atoms with Crippen LogP contribution in [0, 0.1) is 0 Å². The van der Waals surface area contributed by atoms with Gasteiger partial charge in [-0.3, -0.25) is 4.79 Å². The van der Waals surface area contributed by atoms with Crippen LogP contribution in [0.5, 0.6) is 0 Å². The molecule has 7 heteroatoms. The van der Waals surface area contributed by atoms with Crippen molar-refractivity contribution in [1.82, 2.24) is 20.4 Å². The van der Waals surface area contributed by atoms with Crippen molar-refractivity contribution in [1.29, 1.82) is 0 Å². The van der Waals surface area contributed by atoms with E-state index in [-0.39, 0.29) is 36.4 Å². The van der Waals surface area contributed by atoms with Crippen LogP contribution in [0.2, 0.25) is 0 Å². The number of nitrogens with one attached hydrogen (secondary N) is 2. The number of carbonyl (C=O) groups is 1. The van der Waals surface area contributed by atoms with Crippen molar-refractivity contribution in [2.75, 3.05) is 40.3 Å². The van der Waals surface area contributed by atoms with E-state index < -0.39 is 0 Å². The van der Waals surface area contributed by atoms with Gasteiger partial charge in [0.15, 0.2) is 5.96 Å². The van der Waals surface area contributed by atoms with Crippen molar-refractivity contribution in [3.63, 3.8) is 0 Å². The Morgan fingerprint density at radius 2 is 1.88 bits per heavy atom. The molecule has 24 heavy (non-hydrogen) atoms. The molecule has 2 N–H and O–H groups in total. The summed E-state index contributed by atoms with van der Waals surface area (Å²) < 4.78 is 0. The first kappa shape index (κ1) is 21.5. The molecule has 0 aromatic carbocycles. The molecule has 1 amide bonds. The number of rotatable bonds is 7. The Hall–Kier alpha value is -0.570. The first-order valence-corrected chi connectivity index (χ1v) is 9.09. The molecule has 1 heterocycles. The average molecular weight is 451 g/mol. The van der Waals surface area contributed by atoms with Crippen molar-refractivity contribution in [2.24, 2.45) is 4.99 Å². The lowest BCUT2D eigenvalue weighted by Gasteiger charge is -2.33. The molecule has 0 unspecified atom stereocenters. The Labute approximate surface area is 163 Å². The normalized spacial score (nSPS) is 19.5. The van der Waals surface area contributed by atoms with E-state index in [4.69, 9.17) is 0 Å². The van der Waals surface area contributed by atoms with Gasteiger partial charge in [0.2, 0.25) is 5.91 Å². The van der Waals surface area contributed by atoms with E-state index in [2.05, 4.69) is 27.4 Å². The summed E-state index contributed by atoms with van der Waals surface area (Å²) in [5, 5.41) is 6.89. The lowest BCUT2D eigenvalue weighted by molar-refractivity contribution is -0.127. The molecule has 1 aliphatic carbocycles. The van der Waals surface area contributed by atoms with Gasteiger partial charge < -0.3 is 20.4 Å². The number of guanidine groups is 1. The van der Waals surface area contributed by atoms with Crippen LogP contribution in [0.15, 0.2) is 4.99 Å². The minimum atomic E-state index is 0. The molecule has 0 aromatic heterocycles. The Morgan fingerprint density at radius 1 is 1.21 bits per heavy atom. The predicted octanol–water partition coefficient (Wildman–Crippen LogP) is 1.65. The topological polar surface area (TPSA) is 60.0 Å². The molecule has 6 nitrogen and oxygen atoms in total. The number of hydrogen-bond donors (Lipinski definition) is 2. The van der Waals surface area contributed by atoms with Gasteiger partial charge in [0, 0.05) is 45.8 Å². The minimum Gasteiger partial charge on any atom is -0.356 e. The number of halogens is 1. The molecule has 0 spiro atoms. The molecule has 1 saturated heterocycles. The second-order valence-electron chi connectivity index (χ2n) is 6.92. The van der Waals surface area contributed by atoms with E-state index in [0.717, 1.165) is 44.2 Å². The van der Waals surface area contributed by atoms with E-state index in [0.29, 0.717) is 6.04 Å². The van der Waals surface area contributed by atoms with Gasteiger partial charge in [0.1, 0.15) is 6.54 Å². The highest BCUT2D eigenvalue weighted by Gasteiger charge is 2.31. The molecule has 1 aliphatic heterocycles. The SMILES string of the molecule is CCCCNC(=NCC(=O)N(C)C)NC1CCN(C2CC2)CC1.I. The Bertz CT molecular complexity index is 404. The minimum absolute atomic E-state index is 0. The lowest BCUT2D eigenvalue weighted by atomic mass is 10.1. The highest BCUT2D eigenvalue weighted by atomic mass is 127. The quantitative estimate of drug-likeness (QED) is 0.268. The fraction of sp³-hybridized carbons (Fsp3) is 0.882. The molecule has 1 saturated carbocycles. The van der Waals surface area contributed by atoms with E-state index in [1.54, 1.807) is 19.0 Å². The summed E-state index contributed by atoms with van der Waals surface area (Å²) in [6.07, 6.45) is 7.35. The summed E-state index contributed by atoms with van der Waals surface area (Å²) in [4.78, 5) is 20.4. The summed E-state index contributed by atoms with van der Waals surface area (Å²) in [7, 11) is 3.53. The molecule has 0 bridgehead atoms. The van der Waals surface area contributed by atoms with Crippen molar-refractivity contribution < 1.29 is 4.79 Å². The van der Waals surface area contributed by atoms with E-state index in [1.165, 1.54) is 25.9 Å². The van der Waals surface area contributed by atoms with Crippen LogP contribution < -0.4 is 10.6 Å². The maximum Gasteiger partial charge on any atom is 0.243 e. The third kappa shape index (κ3) is 7.55. The Morgan fingerprint density at radius 3 is 2.42 bits per heavy atom. The fourth-order valence-corrected chi connectivity index (χ4v) is 2.87. The fourth-order valence-electron chi connectivity index (χ4n) is 2.87. The molecule has 140 valence electrons. The second-order valence-corrected chi connectivity index (χ2v) is 6.92. The molecule has 0 radical (unpaired) electrons. The molecule has 2 aliphatic rings. The number of amides is 1. The van der Waals surface area contributed by atoms with Gasteiger partial charge in [-0.2, -0.15) is 0 Å². The summed E-state index contributed by atoms with van der Waals surface area (Å²) in [6, 6.07) is 1.33. The monoisotopic (exact) mass is 451 g/mol. The molecule has 0 atom stereocenters. The van der Waals surface area contributed by atoms with Crippen molar-refractivity contribution in [2.45, 2.75) is 57.5 Å². The van der Waals surface area contributed by atoms with Crippen LogP contribution in [-0.2, 0) is 4.79 Å². The zero-order valence-corrected chi connectivity index (χ0v) is 17.7. The van der Waals surface area contributed by atoms with Crippen molar-refractivity contribution >= 4 is 35.8 Å². The molecular formula is C17H34IN5O. The van der Waals surface area contributed by atoms with Crippen LogP contribution in [0.25, 0.3) is 0 Å². The number of nitrogens with zero attached hydrogens (tertiary/aromatic N) is 3. The first-order chi connectivity index (χ1) is 11.1. The average Bonchev–Trinajstić information content (AvgIpc) is 3.37. The Balaban J connectivity index is 0.00000288. The highest BCUT2D eigenvalue weighted by Crippen LogP contribution is 2.29. The smallest absolute Gasteiger partial charge is 0.243 e. The van der Waals surface area contributed by atoms with Crippen molar-refractivity contribution in [3.05, 3.63) is 0 Å². The van der Waals surface area contributed by atoms with Gasteiger partial charge >= 0.3 is 0 Å². The second kappa shape index (κ2) is 11.1. The van der Waals surface area contributed by atoms with Gasteiger partial charge in [-0.1, -0.05) is 13.3 Å². The van der Waals surface area contributed by atoms with E-state index in [9.17, 15) is 4.79 Å². The van der Waals surface area contributed by atoms with Gasteiger partial charge in [-0.05, 0) is 32.1 Å². The first-order valence-electron chi connectivity index (χ1n) is 9.09. The van der Waals surface area contributed by atoms with Crippen LogP contribution in [-0.4, -0.2) is 74.0 Å². The third-order valence-electron chi connectivity index (χ3n) is 4.63. The Kier molecular flexibility index (Phi) is 9.95. The van der Waals surface area contributed by atoms with Crippen LogP contribution in [0.3, 0.4) is 0 Å². The summed E-state index contributed by atoms with van der Waals surface area (Å²) in [6.45, 7) is 5.65. The number of unbranched alkanes of at least 4 members (excludes halogenated alkanes) is 1. The van der Waals surface area contributed by atoms with Gasteiger partial charge in [-0.25, -0.2) is 4.99 Å². The molecule has 2 fully saturated rings. The number of likely N-dealkylation sites (tertiary alicyclic amines) is 1. The lowest BCUT2D eigenvalue weighted by Crippen LogP contribution is -2.49. The highest BCUT2D eigenvalue weighted by molar-refractivity contribution is 14.0. The molecular weight excluding hydrogens is 417 g/mol. The van der Waals surface area contributed by atoms with Crippen LogP contribution in [0.4, 0.5) is 0 Å². The number of piperidine rings is 1. The number of hydrogen-bond acceptors (Lipinski definition) is 3. The predicted molar refractivity (Wildman–Crippen MR) is 110 cm³/mol. The zero-order valence-electron chi connectivity index (χ0n) is 15.4. The van der Waals surface area contributed by atoms with Crippen LogP contribution >= 0.6 is 24.0 Å². The van der Waals surface area contributed by atoms with E-state index in [1.807, 2.05) is 0 Å². The van der Waals surface area contributed by atoms with Crippen molar-refractivity contribution in [3.8, 4) is 0 Å². The van der Waals surface area contributed by atoms with E-state index >= 15 is 0 Å². The van der Waals surface area contributed by atoms with Gasteiger partial charge in [0.05, 0.1) is 0 Å². The van der Waals surface area contributed by atoms with Gasteiger partial charge in [0.25, 0.3) is 0 Å². The summed E-state index contributed by atoms with van der Waals surface area (Å²) in [5.74, 6) is 0.823. The standard InChI is InChI=1S/C17H33N5O.HI/c1-4-5-10-18-17(19-13-16(23)21(2)3)20-14-8-11-22(12-9-14)15-6-7-15;/h14-15H,4-13H2,1-3H3,(H2,18,19,20);1H. The summed E-state index contributed by atoms with van der Waals surface area (Å²) >= 11 is 0. The number of carbonyl (C=O) groups excluding carboxylic acids is 1. The van der Waals surface area contributed by atoms with Gasteiger partial charge in [-0.15, -0.1) is 24.0 Å². The zero-order chi connectivity index (χ0) is 16.7. The number of likely N-dealkylation sites (N-methyl/N-ethyl adjacent to an activating group) is 1. The van der Waals surface area contributed by atoms with Crippen LogP contribution in [0.1, 0.15) is 45.4 Å². The molecule has 0 aromatic rings. The maximum absolute atomic E-state index is 11.8. The largest absolute Gasteiger partial charge is 0.356 e. The maximum atomic E-state index is 11.8. The molecule has 2 rings (SSSR count). The number of aliphatic imine (C=N–C) groups is 1.